The molecule has 0 unspecified atom stereocenters. The molecule has 1 aromatic heterocycles. The minimum atomic E-state index is -4.37. The fourth-order valence-corrected chi connectivity index (χ4v) is 2.00. The number of alkyl halides is 3. The van der Waals surface area contributed by atoms with Crippen LogP contribution < -0.4 is 5.32 Å². The normalized spacial score (nSPS) is 11.3. The number of rotatable bonds is 7. The largest absolute Gasteiger partial charge is 0.466 e. The molecule has 0 aliphatic heterocycles. The number of aromatic nitrogens is 3. The van der Waals surface area contributed by atoms with Gasteiger partial charge in [0.1, 0.15) is 12.2 Å². The molecule has 2 N–H and O–H groups in total. The first-order valence-electron chi connectivity index (χ1n) is 7.35. The van der Waals surface area contributed by atoms with Gasteiger partial charge in [0.2, 0.25) is 0 Å². The van der Waals surface area contributed by atoms with Crippen molar-refractivity contribution in [1.82, 2.24) is 15.2 Å². The molecule has 0 saturated carbocycles. The standard InChI is InChI=1S/C15H17F3N4O2/c1-2-24-14(23)9-13-20-12(21-22-13)6-7-19-11-5-3-4-10(8-11)15(16,17)18/h3-5,8,19H,2,6-7,9H2,1H3,(H,20,21,22). The van der Waals surface area contributed by atoms with E-state index in [0.717, 1.165) is 12.1 Å². The highest BCUT2D eigenvalue weighted by Crippen LogP contribution is 2.30. The van der Waals surface area contributed by atoms with Crippen molar-refractivity contribution in [2.75, 3.05) is 18.5 Å². The van der Waals surface area contributed by atoms with E-state index in [0.29, 0.717) is 36.9 Å². The number of carbonyl (C=O) groups excluding carboxylic acids is 1. The number of hydrogen-bond donors (Lipinski definition) is 2. The zero-order valence-corrected chi connectivity index (χ0v) is 13.0. The van der Waals surface area contributed by atoms with E-state index in [4.69, 9.17) is 4.74 Å². The molecule has 1 heterocycles. The Balaban J connectivity index is 1.84. The molecule has 1 aromatic carbocycles. The highest BCUT2D eigenvalue weighted by Gasteiger charge is 2.30. The molecule has 0 spiro atoms. The van der Waals surface area contributed by atoms with Crippen molar-refractivity contribution in [1.29, 1.82) is 0 Å². The van der Waals surface area contributed by atoms with Crippen molar-refractivity contribution in [2.45, 2.75) is 25.9 Å². The van der Waals surface area contributed by atoms with Crippen LogP contribution in [-0.2, 0) is 28.5 Å². The van der Waals surface area contributed by atoms with Gasteiger partial charge in [-0.25, -0.2) is 4.98 Å². The first-order chi connectivity index (χ1) is 11.4. The van der Waals surface area contributed by atoms with E-state index in [1.54, 1.807) is 13.0 Å². The average molecular weight is 342 g/mol. The van der Waals surface area contributed by atoms with E-state index in [1.807, 2.05) is 0 Å². The van der Waals surface area contributed by atoms with Crippen LogP contribution >= 0.6 is 0 Å². The number of benzene rings is 1. The average Bonchev–Trinajstić information content (AvgIpc) is 2.94. The van der Waals surface area contributed by atoms with Gasteiger partial charge in [-0.2, -0.15) is 18.3 Å². The zero-order valence-electron chi connectivity index (χ0n) is 13.0. The Kier molecular flexibility index (Phi) is 5.78. The van der Waals surface area contributed by atoms with E-state index in [2.05, 4.69) is 20.5 Å². The Labute approximate surface area is 136 Å². The molecule has 24 heavy (non-hydrogen) atoms. The van der Waals surface area contributed by atoms with Crippen molar-refractivity contribution in [3.8, 4) is 0 Å². The maximum Gasteiger partial charge on any atom is 0.416 e. The van der Waals surface area contributed by atoms with Gasteiger partial charge in [0.05, 0.1) is 12.2 Å². The molecule has 6 nitrogen and oxygen atoms in total. The summed E-state index contributed by atoms with van der Waals surface area (Å²) in [7, 11) is 0. The van der Waals surface area contributed by atoms with Crippen LogP contribution in [0.25, 0.3) is 0 Å². The summed E-state index contributed by atoms with van der Waals surface area (Å²) in [5, 5.41) is 9.48. The lowest BCUT2D eigenvalue weighted by molar-refractivity contribution is -0.142. The summed E-state index contributed by atoms with van der Waals surface area (Å²) in [6.07, 6.45) is -3.97. The molecule has 0 amide bonds. The molecule has 0 radical (unpaired) electrons. The lowest BCUT2D eigenvalue weighted by Gasteiger charge is -2.09. The number of anilines is 1. The summed E-state index contributed by atoms with van der Waals surface area (Å²) in [5.41, 5.74) is -0.339. The van der Waals surface area contributed by atoms with E-state index in [1.165, 1.54) is 6.07 Å². The Hall–Kier alpha value is -2.58. The Bertz CT molecular complexity index is 685. The molecule has 0 atom stereocenters. The first-order valence-corrected chi connectivity index (χ1v) is 7.35. The third-order valence-electron chi connectivity index (χ3n) is 3.06. The molecular weight excluding hydrogens is 325 g/mol. The van der Waals surface area contributed by atoms with Gasteiger partial charge in [0.15, 0.2) is 5.82 Å². The van der Waals surface area contributed by atoms with E-state index in [9.17, 15) is 18.0 Å². The summed E-state index contributed by atoms with van der Waals surface area (Å²) >= 11 is 0. The van der Waals surface area contributed by atoms with Crippen molar-refractivity contribution < 1.29 is 22.7 Å². The highest BCUT2D eigenvalue weighted by molar-refractivity contribution is 5.71. The molecule has 9 heteroatoms. The second kappa shape index (κ2) is 7.80. The van der Waals surface area contributed by atoms with Gasteiger partial charge < -0.3 is 10.1 Å². The zero-order chi connectivity index (χ0) is 17.6. The molecular formula is C15H17F3N4O2. The first kappa shape index (κ1) is 17.8. The van der Waals surface area contributed by atoms with Gasteiger partial charge in [-0.1, -0.05) is 6.07 Å². The molecule has 130 valence electrons. The van der Waals surface area contributed by atoms with E-state index < -0.39 is 17.7 Å². The van der Waals surface area contributed by atoms with Gasteiger partial charge >= 0.3 is 12.1 Å². The SMILES string of the molecule is CCOC(=O)Cc1nc(CCNc2cccc(C(F)(F)F)c2)n[nH]1. The predicted molar refractivity (Wildman–Crippen MR) is 80.4 cm³/mol. The topological polar surface area (TPSA) is 79.9 Å². The molecule has 0 bridgehead atoms. The smallest absolute Gasteiger partial charge is 0.416 e. The molecule has 0 aliphatic carbocycles. The van der Waals surface area contributed by atoms with Gasteiger partial charge in [0.25, 0.3) is 0 Å². The fraction of sp³-hybridized carbons (Fsp3) is 0.400. The summed E-state index contributed by atoms with van der Waals surface area (Å²) in [6, 6.07) is 4.96. The van der Waals surface area contributed by atoms with Crippen LogP contribution in [0.1, 0.15) is 24.1 Å². The minimum absolute atomic E-state index is 0.00188. The summed E-state index contributed by atoms with van der Waals surface area (Å²) in [4.78, 5) is 15.5. The lowest BCUT2D eigenvalue weighted by Crippen LogP contribution is -2.09. The number of esters is 1. The van der Waals surface area contributed by atoms with E-state index >= 15 is 0 Å². The summed E-state index contributed by atoms with van der Waals surface area (Å²) in [6.45, 7) is 2.36. The molecule has 2 aromatic rings. The van der Waals surface area contributed by atoms with Crippen LogP contribution in [0.2, 0.25) is 0 Å². The number of ether oxygens (including phenoxy) is 1. The Morgan fingerprint density at radius 3 is 2.88 bits per heavy atom. The second-order valence-electron chi connectivity index (χ2n) is 4.94. The minimum Gasteiger partial charge on any atom is -0.466 e. The number of hydrogen-bond acceptors (Lipinski definition) is 5. The lowest BCUT2D eigenvalue weighted by atomic mass is 10.2. The number of nitrogens with one attached hydrogen (secondary N) is 2. The Morgan fingerprint density at radius 1 is 1.38 bits per heavy atom. The van der Waals surface area contributed by atoms with Crippen molar-refractivity contribution in [3.05, 3.63) is 41.5 Å². The number of nitrogens with zero attached hydrogens (tertiary/aromatic N) is 2. The Morgan fingerprint density at radius 2 is 2.17 bits per heavy atom. The van der Waals surface area contributed by atoms with Crippen LogP contribution in [0.4, 0.5) is 18.9 Å². The third-order valence-corrected chi connectivity index (χ3v) is 3.06. The molecule has 0 saturated heterocycles. The number of halogens is 3. The van der Waals surface area contributed by atoms with Crippen molar-refractivity contribution in [3.63, 3.8) is 0 Å². The monoisotopic (exact) mass is 342 g/mol. The maximum absolute atomic E-state index is 12.6. The van der Waals surface area contributed by atoms with E-state index in [-0.39, 0.29) is 6.42 Å². The highest BCUT2D eigenvalue weighted by atomic mass is 19.4. The maximum atomic E-state index is 12.6. The van der Waals surface area contributed by atoms with Crippen LogP contribution in [0.5, 0.6) is 0 Å². The van der Waals surface area contributed by atoms with Crippen LogP contribution in [0, 0.1) is 0 Å². The predicted octanol–water partition coefficient (Wildman–Crippen LogP) is 2.58. The van der Waals surface area contributed by atoms with Gasteiger partial charge in [0, 0.05) is 18.7 Å². The third kappa shape index (κ3) is 5.25. The molecule has 0 fully saturated rings. The number of carbonyl (C=O) groups is 1. The van der Waals surface area contributed by atoms with Gasteiger partial charge in [-0.3, -0.25) is 9.89 Å². The van der Waals surface area contributed by atoms with Crippen LogP contribution in [-0.4, -0.2) is 34.3 Å². The van der Waals surface area contributed by atoms with Crippen LogP contribution in [0.3, 0.4) is 0 Å². The molecule has 2 rings (SSSR count). The van der Waals surface area contributed by atoms with Gasteiger partial charge in [-0.15, -0.1) is 0 Å². The summed E-state index contributed by atoms with van der Waals surface area (Å²) < 4.78 is 42.7. The molecule has 0 aliphatic rings. The van der Waals surface area contributed by atoms with Crippen LogP contribution in [0.15, 0.2) is 24.3 Å². The number of H-pyrrole nitrogens is 1. The second-order valence-corrected chi connectivity index (χ2v) is 4.94. The fourth-order valence-electron chi connectivity index (χ4n) is 2.00. The number of aromatic amines is 1. The quantitative estimate of drug-likeness (QED) is 0.756. The summed E-state index contributed by atoms with van der Waals surface area (Å²) in [5.74, 6) is 0.457. The van der Waals surface area contributed by atoms with Crippen molar-refractivity contribution >= 4 is 11.7 Å². The van der Waals surface area contributed by atoms with Crippen molar-refractivity contribution in [2.24, 2.45) is 0 Å². The van der Waals surface area contributed by atoms with Gasteiger partial charge in [-0.05, 0) is 25.1 Å².